The molecule has 3 heteroatoms. The normalized spacial score (nSPS) is 24.6. The van der Waals surface area contributed by atoms with Crippen LogP contribution in [0.5, 0.6) is 0 Å². The first-order valence-corrected chi connectivity index (χ1v) is 7.53. The molecule has 0 aromatic carbocycles. The van der Waals surface area contributed by atoms with Crippen LogP contribution in [0.1, 0.15) is 39.5 Å². The average Bonchev–Trinajstić information content (AvgIpc) is 2.30. The Morgan fingerprint density at radius 3 is 3.06 bits per heavy atom. The summed E-state index contributed by atoms with van der Waals surface area (Å²) < 4.78 is 0. The lowest BCUT2D eigenvalue weighted by molar-refractivity contribution is 0.394. The highest BCUT2D eigenvalue weighted by molar-refractivity contribution is 7.99. The summed E-state index contributed by atoms with van der Waals surface area (Å²) in [5, 5.41) is 5.21. The van der Waals surface area contributed by atoms with Crippen molar-refractivity contribution in [2.75, 3.05) is 11.9 Å². The molecule has 94 valence electrons. The Labute approximate surface area is 109 Å². The molecule has 1 aliphatic carbocycles. The highest BCUT2D eigenvalue weighted by Gasteiger charge is 2.20. The van der Waals surface area contributed by atoms with Crippen LogP contribution in [-0.2, 0) is 0 Å². The van der Waals surface area contributed by atoms with Gasteiger partial charge >= 0.3 is 0 Å². The van der Waals surface area contributed by atoms with E-state index in [1.54, 1.807) is 0 Å². The molecule has 1 aromatic heterocycles. The lowest BCUT2D eigenvalue weighted by atomic mass is 9.91. The molecule has 1 aliphatic rings. The van der Waals surface area contributed by atoms with Gasteiger partial charge in [0.25, 0.3) is 0 Å². The van der Waals surface area contributed by atoms with E-state index in [1.807, 2.05) is 17.8 Å². The molecule has 17 heavy (non-hydrogen) atoms. The molecule has 0 radical (unpaired) electrons. The molecule has 1 fully saturated rings. The minimum Gasteiger partial charge on any atom is -0.370 e. The minimum atomic E-state index is 0.767. The van der Waals surface area contributed by atoms with Gasteiger partial charge in [-0.25, -0.2) is 4.98 Å². The molecule has 2 unspecified atom stereocenters. The van der Waals surface area contributed by atoms with Gasteiger partial charge in [-0.1, -0.05) is 25.8 Å². The first-order valence-electron chi connectivity index (χ1n) is 6.65. The van der Waals surface area contributed by atoms with Crippen molar-refractivity contribution in [3.05, 3.63) is 18.2 Å². The first-order chi connectivity index (χ1) is 8.28. The van der Waals surface area contributed by atoms with Gasteiger partial charge in [0.15, 0.2) is 0 Å². The molecule has 1 N–H and O–H groups in total. The minimum absolute atomic E-state index is 0.767. The highest BCUT2D eigenvalue weighted by atomic mass is 32.2. The SMILES string of the molecule is CCNc1cccc(SC2CCCC(C)C2)n1. The molecule has 0 aliphatic heterocycles. The third kappa shape index (κ3) is 3.91. The number of nitrogens with one attached hydrogen (secondary N) is 1. The molecule has 2 rings (SSSR count). The van der Waals surface area contributed by atoms with Crippen LogP contribution >= 0.6 is 11.8 Å². The van der Waals surface area contributed by atoms with Crippen LogP contribution in [0.15, 0.2) is 23.2 Å². The molecular formula is C14H22N2S. The number of rotatable bonds is 4. The van der Waals surface area contributed by atoms with E-state index in [9.17, 15) is 0 Å². The topological polar surface area (TPSA) is 24.9 Å². The van der Waals surface area contributed by atoms with E-state index in [-0.39, 0.29) is 0 Å². The van der Waals surface area contributed by atoms with Gasteiger partial charge in [0.2, 0.25) is 0 Å². The third-order valence-electron chi connectivity index (χ3n) is 3.26. The molecule has 2 nitrogen and oxygen atoms in total. The molecule has 1 heterocycles. The third-order valence-corrected chi connectivity index (χ3v) is 4.49. The monoisotopic (exact) mass is 250 g/mol. The van der Waals surface area contributed by atoms with Crippen molar-refractivity contribution in [2.24, 2.45) is 5.92 Å². The Bertz CT molecular complexity index is 354. The van der Waals surface area contributed by atoms with Gasteiger partial charge in [0.1, 0.15) is 5.82 Å². The summed E-state index contributed by atoms with van der Waals surface area (Å²) in [5.74, 6) is 1.89. The van der Waals surface area contributed by atoms with Crippen molar-refractivity contribution in [3.8, 4) is 0 Å². The first kappa shape index (κ1) is 12.7. The second-order valence-corrected chi connectivity index (χ2v) is 6.22. The van der Waals surface area contributed by atoms with Gasteiger partial charge in [-0.2, -0.15) is 0 Å². The Morgan fingerprint density at radius 2 is 2.29 bits per heavy atom. The van der Waals surface area contributed by atoms with E-state index in [2.05, 4.69) is 36.3 Å². The number of hydrogen-bond donors (Lipinski definition) is 1. The summed E-state index contributed by atoms with van der Waals surface area (Å²) in [5.41, 5.74) is 0. The fourth-order valence-electron chi connectivity index (χ4n) is 2.42. The van der Waals surface area contributed by atoms with Crippen LogP contribution < -0.4 is 5.32 Å². The summed E-state index contributed by atoms with van der Waals surface area (Å²) >= 11 is 1.96. The van der Waals surface area contributed by atoms with Gasteiger partial charge in [0.05, 0.1) is 5.03 Å². The van der Waals surface area contributed by atoms with E-state index < -0.39 is 0 Å². The maximum absolute atomic E-state index is 4.63. The van der Waals surface area contributed by atoms with Crippen molar-refractivity contribution in [1.82, 2.24) is 4.98 Å². The second kappa shape index (κ2) is 6.29. The zero-order chi connectivity index (χ0) is 12.1. The van der Waals surface area contributed by atoms with Crippen LogP contribution in [0.2, 0.25) is 0 Å². The highest BCUT2D eigenvalue weighted by Crippen LogP contribution is 2.35. The molecule has 0 spiro atoms. The number of anilines is 1. The van der Waals surface area contributed by atoms with Crippen molar-refractivity contribution < 1.29 is 0 Å². The maximum Gasteiger partial charge on any atom is 0.127 e. The van der Waals surface area contributed by atoms with Crippen LogP contribution in [0.3, 0.4) is 0 Å². The fourth-order valence-corrected chi connectivity index (χ4v) is 3.78. The summed E-state index contributed by atoms with van der Waals surface area (Å²) in [7, 11) is 0. The van der Waals surface area contributed by atoms with E-state index >= 15 is 0 Å². The van der Waals surface area contributed by atoms with Gasteiger partial charge in [-0.15, -0.1) is 11.8 Å². The second-order valence-electron chi connectivity index (χ2n) is 4.90. The molecule has 0 bridgehead atoms. The van der Waals surface area contributed by atoms with Crippen LogP contribution in [0.4, 0.5) is 5.82 Å². The van der Waals surface area contributed by atoms with Crippen LogP contribution in [-0.4, -0.2) is 16.8 Å². The fraction of sp³-hybridized carbons (Fsp3) is 0.643. The van der Waals surface area contributed by atoms with E-state index in [0.717, 1.165) is 23.5 Å². The zero-order valence-electron chi connectivity index (χ0n) is 10.8. The summed E-state index contributed by atoms with van der Waals surface area (Å²) in [6, 6.07) is 6.27. The maximum atomic E-state index is 4.63. The van der Waals surface area contributed by atoms with Gasteiger partial charge < -0.3 is 5.32 Å². The summed E-state index contributed by atoms with van der Waals surface area (Å²) in [6.07, 6.45) is 5.48. The average molecular weight is 250 g/mol. The Kier molecular flexibility index (Phi) is 4.72. The van der Waals surface area contributed by atoms with E-state index in [0.29, 0.717) is 0 Å². The lowest BCUT2D eigenvalue weighted by Gasteiger charge is -2.25. The largest absolute Gasteiger partial charge is 0.370 e. The quantitative estimate of drug-likeness (QED) is 0.867. The number of thioether (sulfide) groups is 1. The number of pyridine rings is 1. The predicted octanol–water partition coefficient (Wildman–Crippen LogP) is 4.18. The standard InChI is InChI=1S/C14H22N2S/c1-3-15-13-8-5-9-14(16-13)17-12-7-4-6-11(2)10-12/h5,8-9,11-12H,3-4,6-7,10H2,1-2H3,(H,15,16). The summed E-state index contributed by atoms with van der Waals surface area (Å²) in [6.45, 7) is 5.40. The van der Waals surface area contributed by atoms with Crippen molar-refractivity contribution in [2.45, 2.75) is 49.8 Å². The molecule has 0 amide bonds. The Morgan fingerprint density at radius 1 is 1.41 bits per heavy atom. The van der Waals surface area contributed by atoms with E-state index in [4.69, 9.17) is 0 Å². The predicted molar refractivity (Wildman–Crippen MR) is 75.7 cm³/mol. The van der Waals surface area contributed by atoms with Gasteiger partial charge in [0, 0.05) is 11.8 Å². The van der Waals surface area contributed by atoms with Crippen LogP contribution in [0.25, 0.3) is 0 Å². The number of hydrogen-bond acceptors (Lipinski definition) is 3. The van der Waals surface area contributed by atoms with Crippen molar-refractivity contribution >= 4 is 17.6 Å². The molecular weight excluding hydrogens is 228 g/mol. The number of nitrogens with zero attached hydrogens (tertiary/aromatic N) is 1. The molecule has 1 saturated carbocycles. The van der Waals surface area contributed by atoms with Crippen LogP contribution in [0, 0.1) is 5.92 Å². The van der Waals surface area contributed by atoms with Gasteiger partial charge in [-0.05, 0) is 37.8 Å². The number of aromatic nitrogens is 1. The van der Waals surface area contributed by atoms with E-state index in [1.165, 1.54) is 30.7 Å². The zero-order valence-corrected chi connectivity index (χ0v) is 11.6. The van der Waals surface area contributed by atoms with Gasteiger partial charge in [-0.3, -0.25) is 0 Å². The molecule has 2 atom stereocenters. The molecule has 1 aromatic rings. The Hall–Kier alpha value is -0.700. The Balaban J connectivity index is 1.95. The van der Waals surface area contributed by atoms with Crippen molar-refractivity contribution in [1.29, 1.82) is 0 Å². The van der Waals surface area contributed by atoms with Crippen molar-refractivity contribution in [3.63, 3.8) is 0 Å². The summed E-state index contributed by atoms with van der Waals surface area (Å²) in [4.78, 5) is 4.63. The lowest BCUT2D eigenvalue weighted by Crippen LogP contribution is -2.15. The molecule has 0 saturated heterocycles. The smallest absolute Gasteiger partial charge is 0.127 e.